The summed E-state index contributed by atoms with van der Waals surface area (Å²) in [6.45, 7) is 2.59. The van der Waals surface area contributed by atoms with Crippen molar-refractivity contribution in [3.63, 3.8) is 0 Å². The molecule has 1 aliphatic carbocycles. The van der Waals surface area contributed by atoms with E-state index in [4.69, 9.17) is 5.73 Å². The molecule has 2 atom stereocenters. The number of nitrogens with two attached hydrogens (primary N) is 1. The highest BCUT2D eigenvalue weighted by Crippen LogP contribution is 2.47. The molecule has 0 bridgehead atoms. The molecule has 1 aliphatic rings. The lowest BCUT2D eigenvalue weighted by Gasteiger charge is -2.38. The van der Waals surface area contributed by atoms with Gasteiger partial charge >= 0.3 is 6.18 Å². The van der Waals surface area contributed by atoms with Crippen LogP contribution in [0.4, 0.5) is 13.2 Å². The molecule has 4 heteroatoms. The summed E-state index contributed by atoms with van der Waals surface area (Å²) in [5, 5.41) is 0. The van der Waals surface area contributed by atoms with Gasteiger partial charge in [0, 0.05) is 6.04 Å². The Morgan fingerprint density at radius 2 is 2.00 bits per heavy atom. The number of allylic oxidation sites excluding steroid dienone is 2. The minimum absolute atomic E-state index is 0.259. The second kappa shape index (κ2) is 2.87. The Kier molecular flexibility index (Phi) is 2.28. The zero-order chi connectivity index (χ0) is 10.3. The Hall–Kier alpha value is -0.770. The molecule has 0 spiro atoms. The first-order chi connectivity index (χ1) is 5.80. The molecule has 0 amide bonds. The summed E-state index contributed by atoms with van der Waals surface area (Å²) in [5.41, 5.74) is 3.79. The van der Waals surface area contributed by atoms with Gasteiger partial charge in [-0.25, -0.2) is 0 Å². The summed E-state index contributed by atoms with van der Waals surface area (Å²) >= 11 is 0. The highest BCUT2D eigenvalue weighted by molar-refractivity contribution is 5.30. The number of alkyl halides is 3. The molecule has 74 valence electrons. The van der Waals surface area contributed by atoms with Crippen molar-refractivity contribution < 1.29 is 13.2 Å². The summed E-state index contributed by atoms with van der Waals surface area (Å²) in [7, 11) is 0. The summed E-state index contributed by atoms with van der Waals surface area (Å²) in [5.74, 6) is 0. The Morgan fingerprint density at radius 3 is 2.31 bits per heavy atom. The molecule has 0 saturated carbocycles. The van der Waals surface area contributed by atoms with Gasteiger partial charge in [-0.2, -0.15) is 13.2 Å². The minimum Gasteiger partial charge on any atom is -0.323 e. The fourth-order valence-corrected chi connectivity index (χ4v) is 1.36. The molecule has 0 aliphatic heterocycles. The topological polar surface area (TPSA) is 26.0 Å². The van der Waals surface area contributed by atoms with Crippen LogP contribution in [-0.2, 0) is 0 Å². The molecular weight excluding hydrogens is 179 g/mol. The second-order valence-corrected chi connectivity index (χ2v) is 3.46. The lowest BCUT2D eigenvalue weighted by atomic mass is 9.73. The Labute approximate surface area is 75.1 Å². The van der Waals surface area contributed by atoms with Crippen molar-refractivity contribution in [1.29, 1.82) is 0 Å². The largest absolute Gasteiger partial charge is 0.399 e. The van der Waals surface area contributed by atoms with Crippen LogP contribution in [0.1, 0.15) is 13.8 Å². The third kappa shape index (κ3) is 1.39. The van der Waals surface area contributed by atoms with Gasteiger partial charge in [0.25, 0.3) is 0 Å². The van der Waals surface area contributed by atoms with E-state index in [2.05, 4.69) is 0 Å². The van der Waals surface area contributed by atoms with Crippen molar-refractivity contribution in [2.45, 2.75) is 26.1 Å². The van der Waals surface area contributed by atoms with Gasteiger partial charge in [0.05, 0.1) is 0 Å². The maximum absolute atomic E-state index is 12.7. The zero-order valence-corrected chi connectivity index (χ0v) is 7.52. The lowest BCUT2D eigenvalue weighted by Crippen LogP contribution is -2.50. The normalized spacial score (nSPS) is 34.6. The average Bonchev–Trinajstić information content (AvgIpc) is 1.97. The summed E-state index contributed by atoms with van der Waals surface area (Å²) < 4.78 is 38.0. The lowest BCUT2D eigenvalue weighted by molar-refractivity contribution is -0.207. The molecular formula is C9H12F3N. The molecule has 0 heterocycles. The maximum atomic E-state index is 12.7. The third-order valence-electron chi connectivity index (χ3n) is 2.74. The first-order valence-corrected chi connectivity index (χ1v) is 3.98. The van der Waals surface area contributed by atoms with Crippen molar-refractivity contribution in [2.75, 3.05) is 0 Å². The number of hydrogen-bond donors (Lipinski definition) is 1. The number of rotatable bonds is 0. The predicted octanol–water partition coefficient (Wildman–Crippen LogP) is 2.40. The third-order valence-corrected chi connectivity index (χ3v) is 2.74. The fourth-order valence-electron chi connectivity index (χ4n) is 1.36. The van der Waals surface area contributed by atoms with Crippen LogP contribution in [0.3, 0.4) is 0 Å². The molecule has 1 rings (SSSR count). The van der Waals surface area contributed by atoms with E-state index >= 15 is 0 Å². The van der Waals surface area contributed by atoms with Crippen LogP contribution in [0, 0.1) is 5.41 Å². The maximum Gasteiger partial charge on any atom is 0.399 e. The Balaban J connectivity index is 3.15. The molecule has 0 saturated heterocycles. The van der Waals surface area contributed by atoms with Crippen LogP contribution in [0.25, 0.3) is 0 Å². The van der Waals surface area contributed by atoms with Crippen LogP contribution in [0.5, 0.6) is 0 Å². The molecule has 1 nitrogen and oxygen atoms in total. The number of halogens is 3. The first-order valence-electron chi connectivity index (χ1n) is 3.98. The van der Waals surface area contributed by atoms with Crippen molar-refractivity contribution in [1.82, 2.24) is 0 Å². The van der Waals surface area contributed by atoms with Crippen molar-refractivity contribution >= 4 is 0 Å². The van der Waals surface area contributed by atoms with E-state index in [0.29, 0.717) is 0 Å². The van der Waals surface area contributed by atoms with Gasteiger partial charge in [0.15, 0.2) is 0 Å². The smallest absolute Gasteiger partial charge is 0.323 e. The van der Waals surface area contributed by atoms with E-state index in [0.717, 1.165) is 6.92 Å². The summed E-state index contributed by atoms with van der Waals surface area (Å²) in [4.78, 5) is 0. The van der Waals surface area contributed by atoms with Crippen LogP contribution in [-0.4, -0.2) is 12.2 Å². The zero-order valence-electron chi connectivity index (χ0n) is 7.52. The second-order valence-electron chi connectivity index (χ2n) is 3.46. The Bertz CT molecular complexity index is 265. The fraction of sp³-hybridized carbons (Fsp3) is 0.556. The van der Waals surface area contributed by atoms with Crippen LogP contribution in [0.15, 0.2) is 23.8 Å². The molecule has 0 radical (unpaired) electrons. The average molecular weight is 191 g/mol. The van der Waals surface area contributed by atoms with E-state index in [1.54, 1.807) is 6.08 Å². The standard InChI is InChI=1S/C9H12F3N/c1-6-4-3-5-7(13)8(6,2)9(10,11)12/h3-5,7H,13H2,1-2H3. The van der Waals surface area contributed by atoms with Gasteiger partial charge in [-0.05, 0) is 13.8 Å². The molecule has 2 N–H and O–H groups in total. The van der Waals surface area contributed by atoms with Crippen molar-refractivity contribution in [3.05, 3.63) is 23.8 Å². The van der Waals surface area contributed by atoms with Gasteiger partial charge in [0.2, 0.25) is 0 Å². The van der Waals surface area contributed by atoms with Gasteiger partial charge < -0.3 is 5.73 Å². The van der Waals surface area contributed by atoms with Crippen LogP contribution < -0.4 is 5.73 Å². The van der Waals surface area contributed by atoms with E-state index in [1.165, 1.54) is 19.1 Å². The van der Waals surface area contributed by atoms with Gasteiger partial charge in [0.1, 0.15) is 5.41 Å². The Morgan fingerprint density at radius 1 is 1.46 bits per heavy atom. The van der Waals surface area contributed by atoms with E-state index in [9.17, 15) is 13.2 Å². The highest BCUT2D eigenvalue weighted by atomic mass is 19.4. The van der Waals surface area contributed by atoms with Gasteiger partial charge in [-0.1, -0.05) is 23.8 Å². The van der Waals surface area contributed by atoms with Crippen molar-refractivity contribution in [3.8, 4) is 0 Å². The molecule has 0 aromatic carbocycles. The van der Waals surface area contributed by atoms with Gasteiger partial charge in [-0.15, -0.1) is 0 Å². The summed E-state index contributed by atoms with van der Waals surface area (Å²) in [6.07, 6.45) is 0.0998. The predicted molar refractivity (Wildman–Crippen MR) is 45.0 cm³/mol. The van der Waals surface area contributed by atoms with E-state index in [1.807, 2.05) is 0 Å². The molecule has 0 aromatic rings. The molecule has 0 aromatic heterocycles. The molecule has 2 unspecified atom stereocenters. The highest BCUT2D eigenvalue weighted by Gasteiger charge is 2.55. The van der Waals surface area contributed by atoms with Crippen molar-refractivity contribution in [2.24, 2.45) is 11.1 Å². The van der Waals surface area contributed by atoms with Crippen LogP contribution in [0.2, 0.25) is 0 Å². The monoisotopic (exact) mass is 191 g/mol. The molecule has 13 heavy (non-hydrogen) atoms. The quantitative estimate of drug-likeness (QED) is 0.625. The number of hydrogen-bond acceptors (Lipinski definition) is 1. The SMILES string of the molecule is CC1=CC=CC(N)C1(C)C(F)(F)F. The van der Waals surface area contributed by atoms with Gasteiger partial charge in [-0.3, -0.25) is 0 Å². The van der Waals surface area contributed by atoms with Crippen LogP contribution >= 0.6 is 0 Å². The molecule has 0 fully saturated rings. The summed E-state index contributed by atoms with van der Waals surface area (Å²) in [6, 6.07) is -0.988. The first kappa shape index (κ1) is 10.3. The van der Waals surface area contributed by atoms with E-state index in [-0.39, 0.29) is 5.57 Å². The minimum atomic E-state index is -4.29. The van der Waals surface area contributed by atoms with E-state index < -0.39 is 17.6 Å².